The maximum absolute atomic E-state index is 5.99. The van der Waals surface area contributed by atoms with E-state index in [0.717, 1.165) is 59.3 Å². The predicted molar refractivity (Wildman–Crippen MR) is 116 cm³/mol. The van der Waals surface area contributed by atoms with Crippen molar-refractivity contribution in [2.24, 2.45) is 0 Å². The molecule has 1 aliphatic heterocycles. The summed E-state index contributed by atoms with van der Waals surface area (Å²) < 4.78 is 5.49. The molecule has 0 radical (unpaired) electrons. The third-order valence-corrected chi connectivity index (χ3v) is 5.83. The van der Waals surface area contributed by atoms with E-state index >= 15 is 0 Å². The van der Waals surface area contributed by atoms with E-state index in [4.69, 9.17) is 26.3 Å². The fourth-order valence-corrected chi connectivity index (χ4v) is 3.97. The third kappa shape index (κ3) is 4.85. The van der Waals surface area contributed by atoms with Crippen molar-refractivity contribution >= 4 is 29.2 Å². The van der Waals surface area contributed by atoms with Gasteiger partial charge >= 0.3 is 0 Å². The van der Waals surface area contributed by atoms with Crippen molar-refractivity contribution in [1.29, 1.82) is 0 Å². The van der Waals surface area contributed by atoms with Gasteiger partial charge in [0, 0.05) is 35.5 Å². The summed E-state index contributed by atoms with van der Waals surface area (Å²) in [6.45, 7) is 5.27. The molecule has 2 heterocycles. The normalized spacial score (nSPS) is 14.3. The lowest BCUT2D eigenvalue weighted by Crippen LogP contribution is -2.36. The highest BCUT2D eigenvalue weighted by Crippen LogP contribution is 2.28. The predicted octanol–water partition coefficient (Wildman–Crippen LogP) is 5.23. The largest absolute Gasteiger partial charge is 0.378 e. The molecule has 4 nitrogen and oxygen atoms in total. The lowest BCUT2D eigenvalue weighted by atomic mass is 10.1. The average molecular weight is 412 g/mol. The summed E-state index contributed by atoms with van der Waals surface area (Å²) >= 11 is 7.63. The monoisotopic (exact) mass is 411 g/mol. The molecule has 1 fully saturated rings. The zero-order valence-electron chi connectivity index (χ0n) is 15.8. The molecule has 0 spiro atoms. The molecular formula is C22H22ClN3OS. The second kappa shape index (κ2) is 8.95. The first-order valence-electron chi connectivity index (χ1n) is 9.33. The van der Waals surface area contributed by atoms with Crippen molar-refractivity contribution < 1.29 is 4.74 Å². The van der Waals surface area contributed by atoms with Crippen molar-refractivity contribution in [3.05, 3.63) is 70.7 Å². The Bertz CT molecular complexity index is 926. The standard InChI is InChI=1S/C22H22ClN3OS/c1-16-2-6-18(7-3-16)20-14-21(26-10-12-27-13-11-26)25-22(24-20)28-15-17-4-8-19(23)9-5-17/h2-9,14H,10-13,15H2,1H3. The fraction of sp³-hybridized carbons (Fsp3) is 0.273. The van der Waals surface area contributed by atoms with Crippen molar-refractivity contribution in [2.45, 2.75) is 17.8 Å². The highest BCUT2D eigenvalue weighted by Gasteiger charge is 2.16. The minimum absolute atomic E-state index is 0.733. The lowest BCUT2D eigenvalue weighted by Gasteiger charge is -2.28. The van der Waals surface area contributed by atoms with Crippen molar-refractivity contribution in [3.63, 3.8) is 0 Å². The number of halogens is 1. The van der Waals surface area contributed by atoms with E-state index in [1.165, 1.54) is 11.1 Å². The second-order valence-electron chi connectivity index (χ2n) is 6.77. The molecule has 1 saturated heterocycles. The molecule has 0 atom stereocenters. The van der Waals surface area contributed by atoms with Crippen LogP contribution in [-0.2, 0) is 10.5 Å². The SMILES string of the molecule is Cc1ccc(-c2cc(N3CCOCC3)nc(SCc3ccc(Cl)cc3)n2)cc1. The summed E-state index contributed by atoms with van der Waals surface area (Å²) in [6, 6.07) is 18.5. The first kappa shape index (κ1) is 19.2. The average Bonchev–Trinajstić information content (AvgIpc) is 2.74. The summed E-state index contributed by atoms with van der Waals surface area (Å²) in [5.41, 5.74) is 4.50. The summed E-state index contributed by atoms with van der Waals surface area (Å²) in [5.74, 6) is 1.77. The van der Waals surface area contributed by atoms with Gasteiger partial charge in [0.05, 0.1) is 18.9 Å². The number of hydrogen-bond acceptors (Lipinski definition) is 5. The first-order valence-corrected chi connectivity index (χ1v) is 10.7. The van der Waals surface area contributed by atoms with Crippen LogP contribution < -0.4 is 4.90 Å². The van der Waals surface area contributed by atoms with Gasteiger partial charge in [0.2, 0.25) is 0 Å². The Hall–Kier alpha value is -2.08. The van der Waals surface area contributed by atoms with E-state index < -0.39 is 0 Å². The minimum Gasteiger partial charge on any atom is -0.378 e. The summed E-state index contributed by atoms with van der Waals surface area (Å²) in [7, 11) is 0. The van der Waals surface area contributed by atoms with Crippen LogP contribution in [-0.4, -0.2) is 36.3 Å². The number of nitrogens with zero attached hydrogens (tertiary/aromatic N) is 3. The number of aromatic nitrogens is 2. The van der Waals surface area contributed by atoms with Crippen LogP contribution in [0.15, 0.2) is 59.8 Å². The molecule has 0 saturated carbocycles. The Morgan fingerprint density at radius 1 is 1.00 bits per heavy atom. The number of rotatable bonds is 5. The molecule has 4 rings (SSSR count). The Kier molecular flexibility index (Phi) is 6.15. The van der Waals surface area contributed by atoms with Crippen molar-refractivity contribution in [2.75, 3.05) is 31.2 Å². The Morgan fingerprint density at radius 3 is 2.43 bits per heavy atom. The van der Waals surface area contributed by atoms with Gasteiger partial charge < -0.3 is 9.64 Å². The summed E-state index contributed by atoms with van der Waals surface area (Å²) in [5, 5.41) is 1.54. The Morgan fingerprint density at radius 2 is 1.71 bits per heavy atom. The van der Waals surface area contributed by atoms with Crippen molar-refractivity contribution in [3.8, 4) is 11.3 Å². The smallest absolute Gasteiger partial charge is 0.190 e. The zero-order chi connectivity index (χ0) is 19.3. The number of ether oxygens (including phenoxy) is 1. The molecule has 0 amide bonds. The number of morpholine rings is 1. The van der Waals surface area contributed by atoms with Gasteiger partial charge in [0.25, 0.3) is 0 Å². The molecule has 0 bridgehead atoms. The van der Waals surface area contributed by atoms with Crippen LogP contribution in [0.3, 0.4) is 0 Å². The van der Waals surface area contributed by atoms with E-state index in [9.17, 15) is 0 Å². The van der Waals surface area contributed by atoms with E-state index in [0.29, 0.717) is 0 Å². The van der Waals surface area contributed by atoms with Gasteiger partial charge in [0.15, 0.2) is 5.16 Å². The van der Waals surface area contributed by atoms with Crippen LogP contribution in [0.25, 0.3) is 11.3 Å². The molecule has 2 aromatic carbocycles. The van der Waals surface area contributed by atoms with Gasteiger partial charge in [-0.1, -0.05) is 65.3 Å². The highest BCUT2D eigenvalue weighted by atomic mass is 35.5. The van der Waals surface area contributed by atoms with Crippen molar-refractivity contribution in [1.82, 2.24) is 9.97 Å². The van der Waals surface area contributed by atoms with Gasteiger partial charge in [-0.15, -0.1) is 0 Å². The van der Waals surface area contributed by atoms with Gasteiger partial charge in [0.1, 0.15) is 5.82 Å². The summed E-state index contributed by atoms with van der Waals surface area (Å²) in [6.07, 6.45) is 0. The zero-order valence-corrected chi connectivity index (χ0v) is 17.3. The van der Waals surface area contributed by atoms with Gasteiger partial charge in [-0.2, -0.15) is 0 Å². The van der Waals surface area contributed by atoms with Crippen LogP contribution in [0, 0.1) is 6.92 Å². The Labute approximate surface area is 174 Å². The highest BCUT2D eigenvalue weighted by molar-refractivity contribution is 7.98. The van der Waals surface area contributed by atoms with Crippen LogP contribution in [0.1, 0.15) is 11.1 Å². The number of thioether (sulfide) groups is 1. The van der Waals surface area contributed by atoms with E-state index in [1.807, 2.05) is 24.3 Å². The molecule has 0 unspecified atom stereocenters. The van der Waals surface area contributed by atoms with Gasteiger partial charge in [-0.05, 0) is 24.6 Å². The van der Waals surface area contributed by atoms with Crippen LogP contribution in [0.5, 0.6) is 0 Å². The van der Waals surface area contributed by atoms with Gasteiger partial charge in [-0.25, -0.2) is 9.97 Å². The van der Waals surface area contributed by atoms with E-state index in [-0.39, 0.29) is 0 Å². The third-order valence-electron chi connectivity index (χ3n) is 4.66. The molecular weight excluding hydrogens is 390 g/mol. The second-order valence-corrected chi connectivity index (χ2v) is 8.15. The van der Waals surface area contributed by atoms with Crippen LogP contribution >= 0.6 is 23.4 Å². The maximum atomic E-state index is 5.99. The number of aryl methyl sites for hydroxylation is 1. The van der Waals surface area contributed by atoms with E-state index in [1.54, 1.807) is 11.8 Å². The molecule has 144 valence electrons. The maximum Gasteiger partial charge on any atom is 0.190 e. The topological polar surface area (TPSA) is 38.2 Å². The summed E-state index contributed by atoms with van der Waals surface area (Å²) in [4.78, 5) is 11.9. The van der Waals surface area contributed by atoms with Crippen LogP contribution in [0.2, 0.25) is 5.02 Å². The van der Waals surface area contributed by atoms with Gasteiger partial charge in [-0.3, -0.25) is 0 Å². The fourth-order valence-electron chi connectivity index (χ4n) is 3.03. The molecule has 6 heteroatoms. The number of benzene rings is 2. The number of anilines is 1. The molecule has 1 aliphatic rings. The quantitative estimate of drug-likeness (QED) is 0.424. The first-order chi connectivity index (χ1) is 13.7. The molecule has 3 aromatic rings. The lowest BCUT2D eigenvalue weighted by molar-refractivity contribution is 0.122. The van der Waals surface area contributed by atoms with E-state index in [2.05, 4.69) is 42.2 Å². The van der Waals surface area contributed by atoms with Crippen LogP contribution in [0.4, 0.5) is 5.82 Å². The molecule has 0 aliphatic carbocycles. The molecule has 1 aromatic heterocycles. The Balaban J connectivity index is 1.62. The number of hydrogen-bond donors (Lipinski definition) is 0. The molecule has 0 N–H and O–H groups in total. The minimum atomic E-state index is 0.733. The molecule has 28 heavy (non-hydrogen) atoms.